The van der Waals surface area contributed by atoms with Gasteiger partial charge < -0.3 is 15.1 Å². The highest BCUT2D eigenvalue weighted by Gasteiger charge is 2.22. The third kappa shape index (κ3) is 4.49. The Morgan fingerprint density at radius 3 is 2.22 bits per heavy atom. The quantitative estimate of drug-likeness (QED) is 0.862. The van der Waals surface area contributed by atoms with Gasteiger partial charge in [0.15, 0.2) is 0 Å². The van der Waals surface area contributed by atoms with Gasteiger partial charge in [0.05, 0.1) is 0 Å². The van der Waals surface area contributed by atoms with E-state index in [-0.39, 0.29) is 23.0 Å². The van der Waals surface area contributed by atoms with Crippen molar-refractivity contribution >= 4 is 0 Å². The Kier molecular flexibility index (Phi) is 5.32. The summed E-state index contributed by atoms with van der Waals surface area (Å²) in [5.74, 6) is 0.337. The summed E-state index contributed by atoms with van der Waals surface area (Å²) in [7, 11) is 2.12. The van der Waals surface area contributed by atoms with E-state index >= 15 is 0 Å². The van der Waals surface area contributed by atoms with Crippen LogP contribution in [0.2, 0.25) is 0 Å². The molecule has 0 radical (unpaired) electrons. The second-order valence-electron chi connectivity index (χ2n) is 7.09. The minimum Gasteiger partial charge on any atom is -0.508 e. The summed E-state index contributed by atoms with van der Waals surface area (Å²) < 4.78 is 0. The molecule has 0 aromatic heterocycles. The van der Waals surface area contributed by atoms with E-state index < -0.39 is 0 Å². The molecule has 0 spiro atoms. The van der Waals surface area contributed by atoms with Crippen molar-refractivity contribution in [1.29, 1.82) is 0 Å². The third-order valence-corrected chi connectivity index (χ3v) is 4.49. The van der Waals surface area contributed by atoms with Crippen molar-refractivity contribution in [3.63, 3.8) is 0 Å². The van der Waals surface area contributed by atoms with Crippen molar-refractivity contribution in [2.45, 2.75) is 38.6 Å². The van der Waals surface area contributed by atoms with Gasteiger partial charge in [-0.2, -0.15) is 0 Å². The highest BCUT2D eigenvalue weighted by Crippen LogP contribution is 2.36. The number of nitrogens with zero attached hydrogens (tertiary/aromatic N) is 1. The van der Waals surface area contributed by atoms with Crippen LogP contribution in [0.3, 0.4) is 0 Å². The molecule has 2 aromatic carbocycles. The van der Waals surface area contributed by atoms with E-state index in [1.807, 2.05) is 24.3 Å². The van der Waals surface area contributed by atoms with Crippen LogP contribution in [0.25, 0.3) is 0 Å². The van der Waals surface area contributed by atoms with Gasteiger partial charge in [0, 0.05) is 23.1 Å². The summed E-state index contributed by atoms with van der Waals surface area (Å²) in [6.07, 6.45) is 0.899. The largest absolute Gasteiger partial charge is 0.508 e. The van der Waals surface area contributed by atoms with Gasteiger partial charge in [0.1, 0.15) is 11.5 Å². The molecule has 2 aromatic rings. The van der Waals surface area contributed by atoms with Crippen LogP contribution in [0.5, 0.6) is 11.5 Å². The van der Waals surface area contributed by atoms with Crippen molar-refractivity contribution in [3.8, 4) is 11.5 Å². The molecule has 2 rings (SSSR count). The molecule has 0 aliphatic rings. The Hall–Kier alpha value is -2.00. The first-order chi connectivity index (χ1) is 10.8. The molecule has 0 saturated heterocycles. The average Bonchev–Trinajstić information content (AvgIpc) is 2.49. The molecule has 2 N–H and O–H groups in total. The number of hydrogen-bond donors (Lipinski definition) is 2. The maximum Gasteiger partial charge on any atom is 0.123 e. The molecular formula is C20H27NO2. The molecule has 3 nitrogen and oxygen atoms in total. The van der Waals surface area contributed by atoms with E-state index in [0.717, 1.165) is 18.5 Å². The number of hydrogen-bond acceptors (Lipinski definition) is 3. The van der Waals surface area contributed by atoms with Gasteiger partial charge in [-0.05, 0) is 52.4 Å². The van der Waals surface area contributed by atoms with Crippen LogP contribution in [-0.2, 0) is 0 Å². The van der Waals surface area contributed by atoms with Gasteiger partial charge in [0.25, 0.3) is 0 Å². The molecular weight excluding hydrogens is 286 g/mol. The molecule has 0 fully saturated rings. The van der Waals surface area contributed by atoms with Gasteiger partial charge in [-0.3, -0.25) is 0 Å². The number of rotatable bonds is 5. The molecule has 0 heterocycles. The van der Waals surface area contributed by atoms with E-state index in [2.05, 4.69) is 44.9 Å². The van der Waals surface area contributed by atoms with Gasteiger partial charge in [-0.1, -0.05) is 36.4 Å². The molecule has 1 atom stereocenters. The zero-order chi connectivity index (χ0) is 17.0. The summed E-state index contributed by atoms with van der Waals surface area (Å²) in [6, 6.07) is 15.1. The van der Waals surface area contributed by atoms with Crippen molar-refractivity contribution in [1.82, 2.24) is 4.90 Å². The zero-order valence-corrected chi connectivity index (χ0v) is 14.5. The lowest BCUT2D eigenvalue weighted by atomic mass is 9.87. The van der Waals surface area contributed by atoms with Crippen LogP contribution in [0.1, 0.15) is 44.2 Å². The maximum atomic E-state index is 10.3. The lowest BCUT2D eigenvalue weighted by Crippen LogP contribution is -2.39. The molecule has 3 heteroatoms. The summed E-state index contributed by atoms with van der Waals surface area (Å²) in [4.78, 5) is 2.32. The molecule has 0 bridgehead atoms. The van der Waals surface area contributed by atoms with Gasteiger partial charge in [-0.25, -0.2) is 0 Å². The van der Waals surface area contributed by atoms with Gasteiger partial charge in [0.2, 0.25) is 0 Å². The third-order valence-electron chi connectivity index (χ3n) is 4.49. The van der Waals surface area contributed by atoms with Crippen LogP contribution in [-0.4, -0.2) is 34.2 Å². The number of benzene rings is 2. The van der Waals surface area contributed by atoms with Crippen molar-refractivity contribution in [2.75, 3.05) is 13.6 Å². The fourth-order valence-corrected chi connectivity index (χ4v) is 2.67. The lowest BCUT2D eigenvalue weighted by Gasteiger charge is -2.33. The standard InChI is InChI=1S/C20H27NO2/c1-20(2,3)21(4)13-12-17(15-8-6-5-7-9-15)18-11-10-16(22)14-19(18)23/h5-11,14,17,22-23H,12-13H2,1-4H3. The summed E-state index contributed by atoms with van der Waals surface area (Å²) >= 11 is 0. The van der Waals surface area contributed by atoms with Crippen LogP contribution in [0, 0.1) is 0 Å². The van der Waals surface area contributed by atoms with E-state index in [9.17, 15) is 10.2 Å². The summed E-state index contributed by atoms with van der Waals surface area (Å²) in [5, 5.41) is 19.8. The predicted octanol–water partition coefficient (Wildman–Crippen LogP) is 4.35. The van der Waals surface area contributed by atoms with Gasteiger partial charge in [-0.15, -0.1) is 0 Å². The fourth-order valence-electron chi connectivity index (χ4n) is 2.67. The Morgan fingerprint density at radius 2 is 1.65 bits per heavy atom. The van der Waals surface area contributed by atoms with Crippen molar-refractivity contribution in [2.24, 2.45) is 0 Å². The summed E-state index contributed by atoms with van der Waals surface area (Å²) in [5.41, 5.74) is 2.14. The average molecular weight is 313 g/mol. The molecule has 23 heavy (non-hydrogen) atoms. The molecule has 1 unspecified atom stereocenters. The fraction of sp³-hybridized carbons (Fsp3) is 0.400. The number of phenols is 2. The van der Waals surface area contributed by atoms with Crippen LogP contribution in [0.15, 0.2) is 48.5 Å². The molecule has 124 valence electrons. The first kappa shape index (κ1) is 17.4. The second kappa shape index (κ2) is 7.05. The first-order valence-electron chi connectivity index (χ1n) is 8.07. The molecule has 0 aliphatic carbocycles. The highest BCUT2D eigenvalue weighted by molar-refractivity contribution is 5.45. The minimum absolute atomic E-state index is 0.0878. The predicted molar refractivity (Wildman–Crippen MR) is 95.1 cm³/mol. The van der Waals surface area contributed by atoms with E-state index in [1.165, 1.54) is 11.6 Å². The van der Waals surface area contributed by atoms with Crippen molar-refractivity contribution in [3.05, 3.63) is 59.7 Å². The SMILES string of the molecule is CN(CCC(c1ccccc1)c1ccc(O)cc1O)C(C)(C)C. The van der Waals surface area contributed by atoms with Crippen molar-refractivity contribution < 1.29 is 10.2 Å². The molecule has 0 aliphatic heterocycles. The maximum absolute atomic E-state index is 10.3. The Balaban J connectivity index is 2.30. The smallest absolute Gasteiger partial charge is 0.123 e. The summed E-state index contributed by atoms with van der Waals surface area (Å²) in [6.45, 7) is 7.51. The Bertz CT molecular complexity index is 632. The lowest BCUT2D eigenvalue weighted by molar-refractivity contribution is 0.171. The monoisotopic (exact) mass is 313 g/mol. The zero-order valence-electron chi connectivity index (χ0n) is 14.5. The topological polar surface area (TPSA) is 43.7 Å². The molecule has 0 saturated carbocycles. The van der Waals surface area contributed by atoms with Crippen LogP contribution < -0.4 is 0 Å². The molecule has 0 amide bonds. The number of phenolic OH excluding ortho intramolecular Hbond substituents is 2. The van der Waals surface area contributed by atoms with E-state index in [4.69, 9.17) is 0 Å². The highest BCUT2D eigenvalue weighted by atomic mass is 16.3. The van der Waals surface area contributed by atoms with Crippen LogP contribution >= 0.6 is 0 Å². The number of aromatic hydroxyl groups is 2. The second-order valence-corrected chi connectivity index (χ2v) is 7.09. The van der Waals surface area contributed by atoms with Crippen LogP contribution in [0.4, 0.5) is 0 Å². The van der Waals surface area contributed by atoms with E-state index in [1.54, 1.807) is 6.07 Å². The van der Waals surface area contributed by atoms with Gasteiger partial charge >= 0.3 is 0 Å². The first-order valence-corrected chi connectivity index (χ1v) is 8.07. The Labute approximate surface area is 139 Å². The minimum atomic E-state index is 0.0878. The van der Waals surface area contributed by atoms with E-state index in [0.29, 0.717) is 0 Å². The Morgan fingerprint density at radius 1 is 1.00 bits per heavy atom. The normalized spacial score (nSPS) is 13.3.